The van der Waals surface area contributed by atoms with Crippen LogP contribution < -0.4 is 14.8 Å². The van der Waals surface area contributed by atoms with Crippen LogP contribution in [0.1, 0.15) is 0 Å². The van der Waals surface area contributed by atoms with Gasteiger partial charge in [0.15, 0.2) is 0 Å². The smallest absolute Gasteiger partial charge is 0.321 e. The molecule has 0 radical (unpaired) electrons. The molecule has 0 spiro atoms. The summed E-state index contributed by atoms with van der Waals surface area (Å²) in [6, 6.07) is 25.1. The Hall–Kier alpha value is -3.47. The first-order chi connectivity index (χ1) is 13.7. The van der Waals surface area contributed by atoms with E-state index in [0.29, 0.717) is 13.2 Å². The van der Waals surface area contributed by atoms with Gasteiger partial charge in [0, 0.05) is 12.7 Å². The first-order valence-electron chi connectivity index (χ1n) is 9.10. The van der Waals surface area contributed by atoms with E-state index in [0.717, 1.165) is 28.3 Å². The lowest BCUT2D eigenvalue weighted by Gasteiger charge is -2.18. The van der Waals surface area contributed by atoms with Gasteiger partial charge in [-0.05, 0) is 47.5 Å². The summed E-state index contributed by atoms with van der Waals surface area (Å²) < 4.78 is 10.8. The molecule has 5 heteroatoms. The van der Waals surface area contributed by atoms with Crippen molar-refractivity contribution >= 4 is 11.7 Å². The first-order valence-corrected chi connectivity index (χ1v) is 9.10. The number of nitrogens with one attached hydrogen (secondary N) is 1. The Balaban J connectivity index is 1.47. The van der Waals surface area contributed by atoms with Crippen LogP contribution in [0.2, 0.25) is 0 Å². The first kappa shape index (κ1) is 19.3. The second-order valence-electron chi connectivity index (χ2n) is 6.32. The Kier molecular flexibility index (Phi) is 6.52. The third-order valence-electron chi connectivity index (χ3n) is 4.34. The second-order valence-corrected chi connectivity index (χ2v) is 6.32. The van der Waals surface area contributed by atoms with Gasteiger partial charge in [-0.1, -0.05) is 42.5 Å². The highest BCUT2D eigenvalue weighted by molar-refractivity contribution is 5.89. The third kappa shape index (κ3) is 5.27. The van der Waals surface area contributed by atoms with Crippen molar-refractivity contribution in [2.45, 2.75) is 0 Å². The van der Waals surface area contributed by atoms with Gasteiger partial charge in [-0.15, -0.1) is 0 Å². The monoisotopic (exact) mass is 376 g/mol. The zero-order chi connectivity index (χ0) is 19.8. The molecule has 0 atom stereocenters. The van der Waals surface area contributed by atoms with Gasteiger partial charge in [0.2, 0.25) is 0 Å². The minimum absolute atomic E-state index is 0.175. The van der Waals surface area contributed by atoms with Gasteiger partial charge < -0.3 is 19.7 Å². The number of rotatable bonds is 7. The highest BCUT2D eigenvalue weighted by atomic mass is 16.5. The van der Waals surface area contributed by atoms with Crippen molar-refractivity contribution in [3.05, 3.63) is 78.9 Å². The average molecular weight is 376 g/mol. The Morgan fingerprint density at radius 2 is 1.46 bits per heavy atom. The number of hydrogen-bond donors (Lipinski definition) is 1. The van der Waals surface area contributed by atoms with E-state index in [1.165, 1.54) is 0 Å². The number of anilines is 1. The highest BCUT2D eigenvalue weighted by Gasteiger charge is 2.09. The lowest BCUT2D eigenvalue weighted by atomic mass is 10.1. The van der Waals surface area contributed by atoms with E-state index in [4.69, 9.17) is 9.47 Å². The van der Waals surface area contributed by atoms with Gasteiger partial charge in [-0.2, -0.15) is 0 Å². The van der Waals surface area contributed by atoms with E-state index >= 15 is 0 Å². The Bertz CT molecular complexity index is 878. The van der Waals surface area contributed by atoms with Gasteiger partial charge in [-0.25, -0.2) is 4.79 Å². The number of likely N-dealkylation sites (N-methyl/N-ethyl adjacent to an activating group) is 1. The molecule has 0 saturated carbocycles. The molecule has 3 rings (SSSR count). The molecule has 1 N–H and O–H groups in total. The molecule has 0 unspecified atom stereocenters. The van der Waals surface area contributed by atoms with Crippen molar-refractivity contribution in [3.63, 3.8) is 0 Å². The number of ether oxygens (including phenoxy) is 2. The van der Waals surface area contributed by atoms with Gasteiger partial charge >= 0.3 is 6.03 Å². The second kappa shape index (κ2) is 9.46. The van der Waals surface area contributed by atoms with Gasteiger partial charge in [0.05, 0.1) is 13.7 Å². The quantitative estimate of drug-likeness (QED) is 0.638. The fourth-order valence-electron chi connectivity index (χ4n) is 2.67. The van der Waals surface area contributed by atoms with Gasteiger partial charge in [-0.3, -0.25) is 0 Å². The lowest BCUT2D eigenvalue weighted by Crippen LogP contribution is -2.34. The van der Waals surface area contributed by atoms with E-state index in [9.17, 15) is 4.79 Å². The number of nitrogens with zero attached hydrogens (tertiary/aromatic N) is 1. The number of methoxy groups -OCH3 is 1. The Morgan fingerprint density at radius 3 is 2.11 bits per heavy atom. The molecule has 144 valence electrons. The summed E-state index contributed by atoms with van der Waals surface area (Å²) in [5.74, 6) is 1.52. The van der Waals surface area contributed by atoms with Crippen molar-refractivity contribution in [2.24, 2.45) is 0 Å². The molecule has 5 nitrogen and oxygen atoms in total. The molecule has 0 heterocycles. The zero-order valence-electron chi connectivity index (χ0n) is 16.1. The van der Waals surface area contributed by atoms with Crippen LogP contribution >= 0.6 is 0 Å². The van der Waals surface area contributed by atoms with Crippen LogP contribution in [0.3, 0.4) is 0 Å². The van der Waals surface area contributed by atoms with Crippen LogP contribution in [0.25, 0.3) is 11.1 Å². The highest BCUT2D eigenvalue weighted by Crippen LogP contribution is 2.21. The minimum atomic E-state index is -0.175. The molecule has 0 aromatic heterocycles. The molecule has 0 fully saturated rings. The number of carbonyl (C=O) groups is 1. The van der Waals surface area contributed by atoms with Crippen molar-refractivity contribution < 1.29 is 14.3 Å². The number of carbonyl (C=O) groups excluding carboxylic acids is 1. The minimum Gasteiger partial charge on any atom is -0.497 e. The topological polar surface area (TPSA) is 50.8 Å². The molecular weight excluding hydrogens is 352 g/mol. The number of benzene rings is 3. The maximum absolute atomic E-state index is 12.3. The van der Waals surface area contributed by atoms with E-state index in [1.807, 2.05) is 66.7 Å². The normalized spacial score (nSPS) is 10.2. The van der Waals surface area contributed by atoms with E-state index in [1.54, 1.807) is 19.1 Å². The summed E-state index contributed by atoms with van der Waals surface area (Å²) in [5.41, 5.74) is 3.01. The summed E-state index contributed by atoms with van der Waals surface area (Å²) in [5, 5.41) is 2.90. The van der Waals surface area contributed by atoms with Crippen LogP contribution in [0.15, 0.2) is 78.9 Å². The maximum atomic E-state index is 12.3. The average Bonchev–Trinajstić information content (AvgIpc) is 2.75. The molecule has 0 aliphatic heterocycles. The predicted molar refractivity (Wildman–Crippen MR) is 112 cm³/mol. The standard InChI is InChI=1S/C23H24N2O3/c1-25(16-17-28-22-14-12-21(27-2)13-15-22)23(26)24-20-10-8-19(9-11-20)18-6-4-3-5-7-18/h3-15H,16-17H2,1-2H3,(H,24,26). The fraction of sp³-hybridized carbons (Fsp3) is 0.174. The van der Waals surface area contributed by atoms with Gasteiger partial charge in [0.1, 0.15) is 18.1 Å². The predicted octanol–water partition coefficient (Wildman–Crippen LogP) is 4.90. The fourth-order valence-corrected chi connectivity index (χ4v) is 2.67. The van der Waals surface area contributed by atoms with Crippen LogP contribution in [0.4, 0.5) is 10.5 Å². The molecule has 28 heavy (non-hydrogen) atoms. The largest absolute Gasteiger partial charge is 0.497 e. The molecule has 2 amide bonds. The van der Waals surface area contributed by atoms with Crippen molar-refractivity contribution in [3.8, 4) is 22.6 Å². The Labute approximate surface area is 165 Å². The summed E-state index contributed by atoms with van der Waals surface area (Å²) in [4.78, 5) is 13.9. The van der Waals surface area contributed by atoms with Crippen LogP contribution in [-0.2, 0) is 0 Å². The summed E-state index contributed by atoms with van der Waals surface area (Å²) in [6.45, 7) is 0.878. The Morgan fingerprint density at radius 1 is 0.857 bits per heavy atom. The molecule has 0 bridgehead atoms. The van der Waals surface area contributed by atoms with Crippen LogP contribution in [0.5, 0.6) is 11.5 Å². The van der Waals surface area contributed by atoms with E-state index < -0.39 is 0 Å². The summed E-state index contributed by atoms with van der Waals surface area (Å²) >= 11 is 0. The molecule has 0 aliphatic carbocycles. The maximum Gasteiger partial charge on any atom is 0.321 e. The summed E-state index contributed by atoms with van der Waals surface area (Å²) in [7, 11) is 3.36. The van der Waals surface area contributed by atoms with Crippen LogP contribution in [0, 0.1) is 0 Å². The van der Waals surface area contributed by atoms with Crippen molar-refractivity contribution in [2.75, 3.05) is 32.6 Å². The number of hydrogen-bond acceptors (Lipinski definition) is 3. The molecule has 3 aromatic rings. The number of urea groups is 1. The molecular formula is C23H24N2O3. The van der Waals surface area contributed by atoms with E-state index in [-0.39, 0.29) is 6.03 Å². The van der Waals surface area contributed by atoms with E-state index in [2.05, 4.69) is 17.4 Å². The summed E-state index contributed by atoms with van der Waals surface area (Å²) in [6.07, 6.45) is 0. The molecule has 3 aromatic carbocycles. The SMILES string of the molecule is COc1ccc(OCCN(C)C(=O)Nc2ccc(-c3ccccc3)cc2)cc1. The van der Waals surface area contributed by atoms with Crippen molar-refractivity contribution in [1.82, 2.24) is 4.90 Å². The number of amides is 2. The third-order valence-corrected chi connectivity index (χ3v) is 4.34. The lowest BCUT2D eigenvalue weighted by molar-refractivity contribution is 0.207. The zero-order valence-corrected chi connectivity index (χ0v) is 16.1. The van der Waals surface area contributed by atoms with Crippen LogP contribution in [-0.4, -0.2) is 38.2 Å². The molecule has 0 saturated heterocycles. The van der Waals surface area contributed by atoms with Gasteiger partial charge in [0.25, 0.3) is 0 Å². The van der Waals surface area contributed by atoms with Crippen molar-refractivity contribution in [1.29, 1.82) is 0 Å². The molecule has 0 aliphatic rings.